The first kappa shape index (κ1) is 24.9. The van der Waals surface area contributed by atoms with E-state index in [9.17, 15) is 13.2 Å². The molecule has 2 N–H and O–H groups in total. The van der Waals surface area contributed by atoms with Gasteiger partial charge in [0.1, 0.15) is 0 Å². The van der Waals surface area contributed by atoms with Gasteiger partial charge in [-0.2, -0.15) is 4.31 Å². The van der Waals surface area contributed by atoms with E-state index in [-0.39, 0.29) is 17.8 Å². The maximum Gasteiger partial charge on any atom is 0.324 e. The molecule has 2 saturated carbocycles. The largest absolute Gasteiger partial charge is 0.324 e. The van der Waals surface area contributed by atoms with Crippen molar-refractivity contribution in [3.05, 3.63) is 11.1 Å². The molecule has 10 heteroatoms. The number of carbonyl (C=O) groups excluding carboxylic acids is 1. The van der Waals surface area contributed by atoms with E-state index in [4.69, 9.17) is 0 Å². The monoisotopic (exact) mass is 497 g/mol. The number of anilines is 1. The fourth-order valence-electron chi connectivity index (χ4n) is 5.60. The van der Waals surface area contributed by atoms with Crippen LogP contribution in [0.15, 0.2) is 6.20 Å². The SMILES string of the molecule is CCS(=O)(=O)N(Cc1cnc(NC(=O)N(C2CCCCC2)C2CCCCC2)s1)C1CCNC1. The number of amides is 2. The number of urea groups is 1. The zero-order valence-electron chi connectivity index (χ0n) is 19.8. The number of hydrogen-bond donors (Lipinski definition) is 2. The number of rotatable bonds is 8. The molecule has 33 heavy (non-hydrogen) atoms. The maximum atomic E-state index is 13.4. The van der Waals surface area contributed by atoms with Crippen molar-refractivity contribution < 1.29 is 13.2 Å². The van der Waals surface area contributed by atoms with Crippen molar-refractivity contribution in [2.75, 3.05) is 24.2 Å². The van der Waals surface area contributed by atoms with Gasteiger partial charge in [-0.05, 0) is 45.6 Å². The average Bonchev–Trinajstić information content (AvgIpc) is 3.51. The number of aromatic nitrogens is 1. The molecule has 2 heterocycles. The molecule has 2 amide bonds. The molecule has 3 aliphatic rings. The number of nitrogens with zero attached hydrogens (tertiary/aromatic N) is 3. The van der Waals surface area contributed by atoms with Crippen LogP contribution in [0.2, 0.25) is 0 Å². The van der Waals surface area contributed by atoms with Crippen molar-refractivity contribution in [2.24, 2.45) is 0 Å². The summed E-state index contributed by atoms with van der Waals surface area (Å²) in [5.74, 6) is 0.0869. The van der Waals surface area contributed by atoms with Crippen LogP contribution in [0.5, 0.6) is 0 Å². The maximum absolute atomic E-state index is 13.4. The van der Waals surface area contributed by atoms with E-state index in [0.29, 0.717) is 30.3 Å². The standard InChI is InChI=1S/C23H39N5O3S2/c1-2-33(30,31)27(20-13-14-24-15-20)17-21-16-25-22(32-21)26-23(29)28(18-9-5-3-6-10-18)19-11-7-4-8-12-19/h16,18-20,24H,2-15,17H2,1H3,(H,25,26,29). The molecule has 1 atom stereocenters. The van der Waals surface area contributed by atoms with Gasteiger partial charge in [-0.1, -0.05) is 38.5 Å². The fourth-order valence-corrected chi connectivity index (χ4v) is 7.79. The van der Waals surface area contributed by atoms with E-state index in [1.54, 1.807) is 17.4 Å². The van der Waals surface area contributed by atoms with Gasteiger partial charge >= 0.3 is 6.03 Å². The molecule has 186 valence electrons. The second-order valence-electron chi connectivity index (χ2n) is 9.65. The Bertz CT molecular complexity index is 854. The average molecular weight is 498 g/mol. The quantitative estimate of drug-likeness (QED) is 0.562. The fraction of sp³-hybridized carbons (Fsp3) is 0.826. The molecular formula is C23H39N5O3S2. The van der Waals surface area contributed by atoms with Crippen molar-refractivity contribution in [3.63, 3.8) is 0 Å². The molecule has 3 fully saturated rings. The van der Waals surface area contributed by atoms with E-state index in [0.717, 1.165) is 43.5 Å². The molecule has 1 saturated heterocycles. The van der Waals surface area contributed by atoms with E-state index >= 15 is 0 Å². The Morgan fingerprint density at radius 2 is 1.70 bits per heavy atom. The number of thiazole rings is 1. The summed E-state index contributed by atoms with van der Waals surface area (Å²) < 4.78 is 27.1. The summed E-state index contributed by atoms with van der Waals surface area (Å²) in [5, 5.41) is 6.89. The third kappa shape index (κ3) is 6.26. The lowest BCUT2D eigenvalue weighted by atomic mass is 9.89. The van der Waals surface area contributed by atoms with Crippen LogP contribution in [-0.4, -0.2) is 65.6 Å². The van der Waals surface area contributed by atoms with Gasteiger partial charge in [0.2, 0.25) is 10.0 Å². The van der Waals surface area contributed by atoms with Crippen molar-refractivity contribution in [2.45, 2.75) is 102 Å². The molecule has 0 bridgehead atoms. The molecular weight excluding hydrogens is 458 g/mol. The zero-order chi connectivity index (χ0) is 23.3. The lowest BCUT2D eigenvalue weighted by molar-refractivity contribution is 0.114. The lowest BCUT2D eigenvalue weighted by Gasteiger charge is -2.41. The van der Waals surface area contributed by atoms with Gasteiger partial charge in [0.25, 0.3) is 0 Å². The number of hydrogen-bond acceptors (Lipinski definition) is 6. The minimum Gasteiger partial charge on any atom is -0.319 e. The normalized spacial score (nSPS) is 23.2. The van der Waals surface area contributed by atoms with Gasteiger partial charge in [-0.3, -0.25) is 5.32 Å². The van der Waals surface area contributed by atoms with Crippen LogP contribution in [-0.2, 0) is 16.6 Å². The van der Waals surface area contributed by atoms with Gasteiger partial charge in [0, 0.05) is 35.7 Å². The van der Waals surface area contributed by atoms with Crippen LogP contribution in [0.4, 0.5) is 9.93 Å². The second kappa shape index (κ2) is 11.5. The molecule has 1 aromatic heterocycles. The van der Waals surface area contributed by atoms with Crippen LogP contribution >= 0.6 is 11.3 Å². The summed E-state index contributed by atoms with van der Waals surface area (Å²) >= 11 is 1.39. The number of nitrogens with one attached hydrogen (secondary N) is 2. The summed E-state index contributed by atoms with van der Waals surface area (Å²) in [6, 6.07) is 0.582. The molecule has 1 unspecified atom stereocenters. The third-order valence-electron chi connectivity index (χ3n) is 7.41. The number of sulfonamides is 1. The Balaban J connectivity index is 1.44. The smallest absolute Gasteiger partial charge is 0.319 e. The highest BCUT2D eigenvalue weighted by molar-refractivity contribution is 7.89. The Hall–Kier alpha value is -1.23. The van der Waals surface area contributed by atoms with Crippen molar-refractivity contribution >= 4 is 32.5 Å². The summed E-state index contributed by atoms with van der Waals surface area (Å²) in [5.41, 5.74) is 0. The Morgan fingerprint density at radius 3 is 2.24 bits per heavy atom. The summed E-state index contributed by atoms with van der Waals surface area (Å²) in [4.78, 5) is 20.9. The molecule has 1 aromatic rings. The minimum atomic E-state index is -3.32. The number of carbonyl (C=O) groups is 1. The Labute approximate surface area is 202 Å². The van der Waals surface area contributed by atoms with Gasteiger partial charge in [-0.15, -0.1) is 11.3 Å². The molecule has 4 rings (SSSR count). The Kier molecular flexibility index (Phi) is 8.64. The first-order valence-electron chi connectivity index (χ1n) is 12.7. The predicted octanol–water partition coefficient (Wildman–Crippen LogP) is 4.16. The molecule has 0 spiro atoms. The lowest BCUT2D eigenvalue weighted by Crippen LogP contribution is -2.50. The van der Waals surface area contributed by atoms with Crippen LogP contribution in [0.3, 0.4) is 0 Å². The highest BCUT2D eigenvalue weighted by Crippen LogP contribution is 2.31. The van der Waals surface area contributed by atoms with Crippen LogP contribution in [0.1, 0.15) is 82.4 Å². The molecule has 8 nitrogen and oxygen atoms in total. The van der Waals surface area contributed by atoms with E-state index < -0.39 is 10.0 Å². The molecule has 1 aliphatic heterocycles. The topological polar surface area (TPSA) is 94.6 Å². The second-order valence-corrected chi connectivity index (χ2v) is 13.0. The van der Waals surface area contributed by atoms with Crippen molar-refractivity contribution in [1.82, 2.24) is 19.5 Å². The predicted molar refractivity (Wildman–Crippen MR) is 133 cm³/mol. The summed E-state index contributed by atoms with van der Waals surface area (Å²) in [6.45, 7) is 3.51. The van der Waals surface area contributed by atoms with E-state index in [1.807, 2.05) is 0 Å². The van der Waals surface area contributed by atoms with E-state index in [2.05, 4.69) is 20.5 Å². The zero-order valence-corrected chi connectivity index (χ0v) is 21.4. The highest BCUT2D eigenvalue weighted by atomic mass is 32.2. The van der Waals surface area contributed by atoms with Gasteiger partial charge in [0.05, 0.1) is 12.3 Å². The third-order valence-corrected chi connectivity index (χ3v) is 10.2. The van der Waals surface area contributed by atoms with Crippen molar-refractivity contribution in [1.29, 1.82) is 0 Å². The molecule has 2 aliphatic carbocycles. The molecule has 0 radical (unpaired) electrons. The highest BCUT2D eigenvalue weighted by Gasteiger charge is 2.34. The summed E-state index contributed by atoms with van der Waals surface area (Å²) in [6.07, 6.45) is 14.2. The van der Waals surface area contributed by atoms with Gasteiger partial charge < -0.3 is 10.2 Å². The van der Waals surface area contributed by atoms with Crippen molar-refractivity contribution in [3.8, 4) is 0 Å². The first-order valence-corrected chi connectivity index (χ1v) is 15.1. The first-order chi connectivity index (χ1) is 16.0. The van der Waals surface area contributed by atoms with E-state index in [1.165, 1.54) is 49.9 Å². The summed E-state index contributed by atoms with van der Waals surface area (Å²) in [7, 11) is -3.32. The Morgan fingerprint density at radius 1 is 1.06 bits per heavy atom. The minimum absolute atomic E-state index is 0.0248. The van der Waals surface area contributed by atoms with Crippen LogP contribution in [0, 0.1) is 0 Å². The van der Waals surface area contributed by atoms with Gasteiger partial charge in [-0.25, -0.2) is 18.2 Å². The van der Waals surface area contributed by atoms with Gasteiger partial charge in [0.15, 0.2) is 5.13 Å². The van der Waals surface area contributed by atoms with Crippen LogP contribution < -0.4 is 10.6 Å². The molecule has 0 aromatic carbocycles. The van der Waals surface area contributed by atoms with Crippen LogP contribution in [0.25, 0.3) is 0 Å².